The molecule has 230 valence electrons. The minimum Gasteiger partial charge on any atom is -0.356 e. The third-order valence-electron chi connectivity index (χ3n) is 7.91. The van der Waals surface area contributed by atoms with Crippen LogP contribution in [0.4, 0.5) is 13.2 Å². The molecule has 1 aliphatic carbocycles. The van der Waals surface area contributed by atoms with Crippen molar-refractivity contribution in [3.63, 3.8) is 0 Å². The first-order valence-electron chi connectivity index (χ1n) is 14.5. The number of alkyl halides is 4. The summed E-state index contributed by atoms with van der Waals surface area (Å²) in [4.78, 5) is 31.7. The number of fused-ring (bicyclic) bond motifs is 3. The summed E-state index contributed by atoms with van der Waals surface area (Å²) in [5.41, 5.74) is 3.81. The molecule has 2 amide bonds. The first-order chi connectivity index (χ1) is 21.2. The molecule has 0 saturated heterocycles. The predicted molar refractivity (Wildman–Crippen MR) is 177 cm³/mol. The highest BCUT2D eigenvalue weighted by Gasteiger charge is 2.49. The Balaban J connectivity index is 1.19. The van der Waals surface area contributed by atoms with Crippen molar-refractivity contribution in [1.29, 1.82) is 0 Å². The third-order valence-corrected chi connectivity index (χ3v) is 9.77. The van der Waals surface area contributed by atoms with Gasteiger partial charge in [0.15, 0.2) is 0 Å². The Morgan fingerprint density at radius 1 is 0.886 bits per heavy atom. The van der Waals surface area contributed by atoms with Crippen molar-refractivity contribution in [1.82, 2.24) is 15.2 Å². The van der Waals surface area contributed by atoms with E-state index in [2.05, 4.69) is 32.9 Å². The number of nitrogens with one attached hydrogen (secondary N) is 2. The summed E-state index contributed by atoms with van der Waals surface area (Å²) < 4.78 is 39.9. The van der Waals surface area contributed by atoms with Crippen LogP contribution in [0.1, 0.15) is 52.7 Å². The Hall–Kier alpha value is -3.25. The maximum absolute atomic E-state index is 13.6. The number of aromatic amines is 1. The van der Waals surface area contributed by atoms with Gasteiger partial charge >= 0.3 is 6.18 Å². The number of aromatic nitrogens is 1. The first kappa shape index (κ1) is 32.2. The Bertz CT molecular complexity index is 1550. The third kappa shape index (κ3) is 7.17. The molecular formula is C34H33F3IN3O2S. The molecule has 4 aromatic rings. The highest BCUT2D eigenvalue weighted by molar-refractivity contribution is 14.1. The average molecular weight is 732 g/mol. The molecule has 0 atom stereocenters. The van der Waals surface area contributed by atoms with E-state index in [0.717, 1.165) is 51.4 Å². The van der Waals surface area contributed by atoms with E-state index in [-0.39, 0.29) is 5.91 Å². The Morgan fingerprint density at radius 3 is 2.16 bits per heavy atom. The number of halogens is 4. The summed E-state index contributed by atoms with van der Waals surface area (Å²) >= 11 is 3.83. The van der Waals surface area contributed by atoms with Crippen LogP contribution in [-0.2, 0) is 16.8 Å². The van der Waals surface area contributed by atoms with Gasteiger partial charge in [-0.1, -0.05) is 114 Å². The number of rotatable bonds is 13. The van der Waals surface area contributed by atoms with Crippen molar-refractivity contribution in [3.8, 4) is 11.1 Å². The second-order valence-corrected chi connectivity index (χ2v) is 12.6. The number of H-pyrrole nitrogens is 1. The van der Waals surface area contributed by atoms with E-state index in [0.29, 0.717) is 29.5 Å². The molecule has 0 fully saturated rings. The summed E-state index contributed by atoms with van der Waals surface area (Å²) in [7, 11) is 0. The standard InChI is InChI=1S/C34H33F3IN3O2S/c35-34(36,37)22-40-32(43)33(28-15-7-5-13-26(28)27-14-6-8-16-29(27)33)17-9-2-10-18-44-30-19-25(20-39-30)31(42)41(23-38)21-24-11-3-1-4-12-24/h1,3-8,11-16,19-20,39H,2,9-10,17-18,21-23H2,(H,40,43). The fourth-order valence-corrected chi connectivity index (χ4v) is 7.34. The van der Waals surface area contributed by atoms with Gasteiger partial charge in [0.25, 0.3) is 5.91 Å². The molecule has 2 N–H and O–H groups in total. The van der Waals surface area contributed by atoms with Crippen LogP contribution < -0.4 is 5.32 Å². The number of amides is 2. The van der Waals surface area contributed by atoms with Crippen molar-refractivity contribution >= 4 is 46.2 Å². The number of hydrogen-bond donors (Lipinski definition) is 2. The molecule has 5 nitrogen and oxygen atoms in total. The van der Waals surface area contributed by atoms with E-state index in [1.54, 1.807) is 22.9 Å². The number of hydrogen-bond acceptors (Lipinski definition) is 3. The molecule has 0 unspecified atom stereocenters. The van der Waals surface area contributed by atoms with Gasteiger partial charge in [0.1, 0.15) is 12.0 Å². The first-order valence-corrected chi connectivity index (χ1v) is 17.0. The van der Waals surface area contributed by atoms with Gasteiger partial charge in [0, 0.05) is 12.7 Å². The summed E-state index contributed by atoms with van der Waals surface area (Å²) in [6, 6.07) is 26.8. The summed E-state index contributed by atoms with van der Waals surface area (Å²) in [6.07, 6.45) is -0.0227. The lowest BCUT2D eigenvalue weighted by Gasteiger charge is -2.31. The van der Waals surface area contributed by atoms with Crippen molar-refractivity contribution in [2.75, 3.05) is 16.8 Å². The average Bonchev–Trinajstić information content (AvgIpc) is 3.62. The van der Waals surface area contributed by atoms with Gasteiger partial charge in [-0.25, -0.2) is 0 Å². The molecule has 3 aromatic carbocycles. The largest absolute Gasteiger partial charge is 0.405 e. The molecule has 44 heavy (non-hydrogen) atoms. The Labute approximate surface area is 273 Å². The number of unbranched alkanes of at least 4 members (excludes halogenated alkanes) is 2. The number of thioether (sulfide) groups is 1. The molecule has 1 aliphatic rings. The van der Waals surface area contributed by atoms with E-state index < -0.39 is 24.0 Å². The fourth-order valence-electron chi connectivity index (χ4n) is 5.87. The van der Waals surface area contributed by atoms with E-state index in [1.807, 2.05) is 84.9 Å². The molecule has 10 heteroatoms. The topological polar surface area (TPSA) is 65.2 Å². The van der Waals surface area contributed by atoms with E-state index in [4.69, 9.17) is 0 Å². The van der Waals surface area contributed by atoms with Crippen molar-refractivity contribution in [2.45, 2.75) is 48.8 Å². The zero-order valence-corrected chi connectivity index (χ0v) is 27.0. The quantitative estimate of drug-likeness (QED) is 0.0478. The summed E-state index contributed by atoms with van der Waals surface area (Å²) in [5, 5.41) is 3.10. The fraction of sp³-hybridized carbons (Fsp3) is 0.294. The minimum atomic E-state index is -4.50. The second-order valence-electron chi connectivity index (χ2n) is 10.8. The lowest BCUT2D eigenvalue weighted by molar-refractivity contribution is -0.141. The molecular weight excluding hydrogens is 698 g/mol. The SMILES string of the molecule is O=C(c1c[nH]c(SCCCCCC2(C(=O)NCC(F)(F)F)c3ccccc3-c3ccccc32)c1)N(CI)Cc1ccccc1. The maximum atomic E-state index is 13.6. The molecule has 0 radical (unpaired) electrons. The summed E-state index contributed by atoms with van der Waals surface area (Å²) in [6.45, 7) is -0.821. The van der Waals surface area contributed by atoms with Crippen LogP contribution in [-0.4, -0.2) is 44.7 Å². The molecule has 1 aromatic heterocycles. The van der Waals surface area contributed by atoms with Crippen LogP contribution in [0.2, 0.25) is 0 Å². The zero-order chi connectivity index (χ0) is 31.2. The van der Waals surface area contributed by atoms with Crippen LogP contribution >= 0.6 is 34.4 Å². The van der Waals surface area contributed by atoms with Gasteiger partial charge in [0.2, 0.25) is 5.91 Å². The molecule has 0 bridgehead atoms. The van der Waals surface area contributed by atoms with Crippen molar-refractivity contribution in [2.24, 2.45) is 0 Å². The predicted octanol–water partition coefficient (Wildman–Crippen LogP) is 8.35. The zero-order valence-electron chi connectivity index (χ0n) is 24.0. The van der Waals surface area contributed by atoms with Crippen LogP contribution in [0.3, 0.4) is 0 Å². The van der Waals surface area contributed by atoms with Gasteiger partial charge in [-0.05, 0) is 52.5 Å². The van der Waals surface area contributed by atoms with Crippen molar-refractivity contribution < 1.29 is 22.8 Å². The van der Waals surface area contributed by atoms with Gasteiger partial charge in [-0.3, -0.25) is 9.59 Å². The number of carbonyl (C=O) groups excluding carboxylic acids is 2. The van der Waals surface area contributed by atoms with Gasteiger partial charge < -0.3 is 15.2 Å². The Morgan fingerprint density at radius 2 is 1.52 bits per heavy atom. The lowest BCUT2D eigenvalue weighted by atomic mass is 9.73. The van der Waals surface area contributed by atoms with Gasteiger partial charge in [-0.15, -0.1) is 11.8 Å². The van der Waals surface area contributed by atoms with E-state index >= 15 is 0 Å². The van der Waals surface area contributed by atoms with Crippen LogP contribution in [0.25, 0.3) is 11.1 Å². The molecule has 5 rings (SSSR count). The van der Waals surface area contributed by atoms with Gasteiger partial charge in [-0.2, -0.15) is 13.2 Å². The second kappa shape index (κ2) is 14.2. The highest BCUT2D eigenvalue weighted by Crippen LogP contribution is 2.51. The number of carbonyl (C=O) groups is 2. The van der Waals surface area contributed by atoms with E-state index in [1.165, 1.54) is 0 Å². The number of benzene rings is 3. The van der Waals surface area contributed by atoms with Gasteiger partial charge in [0.05, 0.1) is 15.1 Å². The Kier molecular flexibility index (Phi) is 10.4. The molecule has 0 saturated carbocycles. The molecule has 0 aliphatic heterocycles. The lowest BCUT2D eigenvalue weighted by Crippen LogP contribution is -2.47. The smallest absolute Gasteiger partial charge is 0.356 e. The van der Waals surface area contributed by atoms with E-state index in [9.17, 15) is 22.8 Å². The highest BCUT2D eigenvalue weighted by atomic mass is 127. The normalized spacial score (nSPS) is 13.3. The monoisotopic (exact) mass is 731 g/mol. The van der Waals surface area contributed by atoms with Crippen LogP contribution in [0, 0.1) is 0 Å². The molecule has 1 heterocycles. The minimum absolute atomic E-state index is 0.0300. The van der Waals surface area contributed by atoms with Crippen LogP contribution in [0.15, 0.2) is 96.2 Å². The maximum Gasteiger partial charge on any atom is 0.405 e. The van der Waals surface area contributed by atoms with Crippen LogP contribution in [0.5, 0.6) is 0 Å². The summed E-state index contributed by atoms with van der Waals surface area (Å²) in [5.74, 6) is 0.157. The van der Waals surface area contributed by atoms with Crippen molar-refractivity contribution in [3.05, 3.63) is 113 Å². The number of nitrogens with zero attached hydrogens (tertiary/aromatic N) is 1. The molecule has 0 spiro atoms.